The monoisotopic (exact) mass is 240 g/mol. The Kier molecular flexibility index (Phi) is 2.52. The maximum Gasteiger partial charge on any atom is 0.338 e. The molecule has 0 amide bonds. The second-order valence-electron chi connectivity index (χ2n) is 4.32. The molecule has 1 heterocycles. The summed E-state index contributed by atoms with van der Waals surface area (Å²) >= 11 is 0. The van der Waals surface area contributed by atoms with Crippen LogP contribution in [0.2, 0.25) is 0 Å². The van der Waals surface area contributed by atoms with Crippen LogP contribution < -0.4 is 0 Å². The fourth-order valence-corrected chi connectivity index (χ4v) is 2.24. The Hall–Kier alpha value is -2.29. The molecular weight excluding hydrogens is 228 g/mol. The van der Waals surface area contributed by atoms with Crippen LogP contribution in [0.3, 0.4) is 0 Å². The number of aliphatic hydroxyl groups excluding tert-OH is 1. The van der Waals surface area contributed by atoms with E-state index in [4.69, 9.17) is 4.74 Å². The number of cyclic esters (lactones) is 1. The lowest BCUT2D eigenvalue weighted by Crippen LogP contribution is -2.03. The predicted molar refractivity (Wildman–Crippen MR) is 68.3 cm³/mol. The van der Waals surface area contributed by atoms with Crippen molar-refractivity contribution >= 4 is 16.7 Å². The number of benzene rings is 2. The zero-order chi connectivity index (χ0) is 12.5. The molecule has 0 radical (unpaired) electrons. The van der Waals surface area contributed by atoms with Gasteiger partial charge in [0.15, 0.2) is 0 Å². The molecule has 0 atom stereocenters. The minimum absolute atomic E-state index is 0.00106. The van der Waals surface area contributed by atoms with Crippen LogP contribution >= 0.6 is 0 Å². The summed E-state index contributed by atoms with van der Waals surface area (Å²) in [4.78, 5) is 11.5. The van der Waals surface area contributed by atoms with Gasteiger partial charge in [0, 0.05) is 6.42 Å². The number of ether oxygens (including phenoxy) is 1. The van der Waals surface area contributed by atoms with Crippen LogP contribution in [-0.2, 0) is 16.0 Å². The number of fused-ring (bicyclic) bond motifs is 1. The first kappa shape index (κ1) is 10.8. The van der Waals surface area contributed by atoms with Crippen LogP contribution in [0.4, 0.5) is 0 Å². The lowest BCUT2D eigenvalue weighted by atomic mass is 9.98. The number of hydrogen-bond acceptors (Lipinski definition) is 3. The topological polar surface area (TPSA) is 46.5 Å². The highest BCUT2D eigenvalue weighted by molar-refractivity contribution is 5.93. The van der Waals surface area contributed by atoms with E-state index in [0.717, 1.165) is 16.3 Å². The second kappa shape index (κ2) is 4.18. The predicted octanol–water partition coefficient (Wildman–Crippen LogP) is 2.75. The van der Waals surface area contributed by atoms with Gasteiger partial charge < -0.3 is 9.84 Å². The van der Waals surface area contributed by atoms with E-state index in [1.165, 1.54) is 0 Å². The molecule has 90 valence electrons. The highest BCUT2D eigenvalue weighted by Crippen LogP contribution is 2.24. The molecule has 2 aromatic rings. The van der Waals surface area contributed by atoms with Gasteiger partial charge in [0.1, 0.15) is 12.4 Å². The van der Waals surface area contributed by atoms with E-state index in [0.29, 0.717) is 12.0 Å². The van der Waals surface area contributed by atoms with Crippen LogP contribution in [-0.4, -0.2) is 17.7 Å². The zero-order valence-corrected chi connectivity index (χ0v) is 9.72. The van der Waals surface area contributed by atoms with Crippen LogP contribution in [0.25, 0.3) is 10.8 Å². The summed E-state index contributed by atoms with van der Waals surface area (Å²) in [5.74, 6) is -0.367. The molecule has 3 heteroatoms. The van der Waals surface area contributed by atoms with Crippen molar-refractivity contribution in [3.63, 3.8) is 0 Å². The molecular formula is C15H12O3. The van der Waals surface area contributed by atoms with E-state index in [1.807, 2.05) is 42.5 Å². The normalized spacial score (nSPS) is 15.2. The maximum atomic E-state index is 11.5. The molecule has 0 unspecified atom stereocenters. The Bertz CT molecular complexity index is 650. The highest BCUT2D eigenvalue weighted by atomic mass is 16.5. The van der Waals surface area contributed by atoms with Gasteiger partial charge in [-0.15, -0.1) is 0 Å². The molecule has 0 saturated carbocycles. The molecule has 0 aliphatic carbocycles. The number of rotatable bonds is 2. The third-order valence-electron chi connectivity index (χ3n) is 3.18. The number of carbonyl (C=O) groups excluding carboxylic acids is 1. The average Bonchev–Trinajstić information content (AvgIpc) is 2.71. The van der Waals surface area contributed by atoms with Gasteiger partial charge in [-0.05, 0) is 16.3 Å². The summed E-state index contributed by atoms with van der Waals surface area (Å²) in [7, 11) is 0. The van der Waals surface area contributed by atoms with Crippen LogP contribution in [0, 0.1) is 0 Å². The van der Waals surface area contributed by atoms with Gasteiger partial charge in [-0.25, -0.2) is 4.79 Å². The molecule has 0 aromatic heterocycles. The van der Waals surface area contributed by atoms with Gasteiger partial charge in [-0.1, -0.05) is 42.5 Å². The molecule has 18 heavy (non-hydrogen) atoms. The smallest absolute Gasteiger partial charge is 0.338 e. The van der Waals surface area contributed by atoms with Crippen molar-refractivity contribution in [3.05, 3.63) is 59.4 Å². The number of esters is 1. The van der Waals surface area contributed by atoms with Crippen molar-refractivity contribution in [2.45, 2.75) is 6.42 Å². The summed E-state index contributed by atoms with van der Waals surface area (Å²) in [6.45, 7) is -0.00106. The molecule has 3 nitrogen and oxygen atoms in total. The van der Waals surface area contributed by atoms with Crippen molar-refractivity contribution < 1.29 is 14.6 Å². The molecule has 3 rings (SSSR count). The second-order valence-corrected chi connectivity index (χ2v) is 4.32. The molecule has 1 aliphatic heterocycles. The van der Waals surface area contributed by atoms with Gasteiger partial charge in [0.2, 0.25) is 0 Å². The SMILES string of the molecule is O=C1OCC(O)=C1Cc1cccc2ccccc12. The van der Waals surface area contributed by atoms with Crippen molar-refractivity contribution in [1.82, 2.24) is 0 Å². The fraction of sp³-hybridized carbons (Fsp3) is 0.133. The summed E-state index contributed by atoms with van der Waals surface area (Å²) < 4.78 is 4.80. The lowest BCUT2D eigenvalue weighted by Gasteiger charge is -2.06. The largest absolute Gasteiger partial charge is 0.508 e. The van der Waals surface area contributed by atoms with Gasteiger partial charge in [-0.3, -0.25) is 0 Å². The standard InChI is InChI=1S/C15H12O3/c16-14-9-18-15(17)13(14)8-11-6-3-5-10-4-1-2-7-12(10)11/h1-7,16H,8-9H2. The average molecular weight is 240 g/mol. The van der Waals surface area contributed by atoms with E-state index < -0.39 is 5.97 Å². The summed E-state index contributed by atoms with van der Waals surface area (Å²) in [5, 5.41) is 11.9. The third-order valence-corrected chi connectivity index (χ3v) is 3.18. The molecule has 0 spiro atoms. The fourth-order valence-electron chi connectivity index (χ4n) is 2.24. The Morgan fingerprint density at radius 2 is 1.89 bits per heavy atom. The Morgan fingerprint density at radius 1 is 1.11 bits per heavy atom. The van der Waals surface area contributed by atoms with Crippen molar-refractivity contribution in [3.8, 4) is 0 Å². The Balaban J connectivity index is 2.06. The third kappa shape index (κ3) is 1.74. The quantitative estimate of drug-likeness (QED) is 0.821. The molecule has 0 fully saturated rings. The van der Waals surface area contributed by atoms with Crippen molar-refractivity contribution in [2.24, 2.45) is 0 Å². The van der Waals surface area contributed by atoms with E-state index >= 15 is 0 Å². The van der Waals surface area contributed by atoms with Gasteiger partial charge in [0.05, 0.1) is 5.57 Å². The first-order valence-corrected chi connectivity index (χ1v) is 5.80. The lowest BCUT2D eigenvalue weighted by molar-refractivity contribution is -0.136. The first-order chi connectivity index (χ1) is 8.75. The summed E-state index contributed by atoms with van der Waals surface area (Å²) in [6, 6.07) is 13.9. The van der Waals surface area contributed by atoms with Crippen molar-refractivity contribution in [2.75, 3.05) is 6.61 Å². The Morgan fingerprint density at radius 3 is 2.67 bits per heavy atom. The highest BCUT2D eigenvalue weighted by Gasteiger charge is 2.24. The van der Waals surface area contributed by atoms with Gasteiger partial charge in [-0.2, -0.15) is 0 Å². The maximum absolute atomic E-state index is 11.5. The van der Waals surface area contributed by atoms with Crippen LogP contribution in [0.5, 0.6) is 0 Å². The molecule has 1 N–H and O–H groups in total. The summed E-state index contributed by atoms with van der Waals surface area (Å²) in [6.07, 6.45) is 0.409. The minimum atomic E-state index is -0.416. The molecule has 0 bridgehead atoms. The molecule has 2 aromatic carbocycles. The van der Waals surface area contributed by atoms with Gasteiger partial charge in [0.25, 0.3) is 0 Å². The van der Waals surface area contributed by atoms with E-state index in [-0.39, 0.29) is 12.4 Å². The minimum Gasteiger partial charge on any atom is -0.508 e. The van der Waals surface area contributed by atoms with Gasteiger partial charge >= 0.3 is 5.97 Å². The van der Waals surface area contributed by atoms with Crippen LogP contribution in [0.1, 0.15) is 5.56 Å². The Labute approximate surface area is 104 Å². The van der Waals surface area contributed by atoms with Crippen LogP contribution in [0.15, 0.2) is 53.8 Å². The number of aliphatic hydroxyl groups is 1. The van der Waals surface area contributed by atoms with E-state index in [9.17, 15) is 9.90 Å². The van der Waals surface area contributed by atoms with Crippen molar-refractivity contribution in [1.29, 1.82) is 0 Å². The number of hydrogen-bond donors (Lipinski definition) is 1. The molecule has 0 saturated heterocycles. The molecule has 1 aliphatic rings. The zero-order valence-electron chi connectivity index (χ0n) is 9.72. The van der Waals surface area contributed by atoms with E-state index in [2.05, 4.69) is 0 Å². The van der Waals surface area contributed by atoms with E-state index in [1.54, 1.807) is 0 Å². The number of carbonyl (C=O) groups is 1. The first-order valence-electron chi connectivity index (χ1n) is 5.80. The summed E-state index contributed by atoms with van der Waals surface area (Å²) in [5.41, 5.74) is 1.39.